The molecule has 6 nitrogen and oxygen atoms in total. The number of carbonyl (C=O) groups excluding carboxylic acids is 2. The Kier molecular flexibility index (Phi) is 6.60. The van der Waals surface area contributed by atoms with Gasteiger partial charge in [0.15, 0.2) is 0 Å². The van der Waals surface area contributed by atoms with Gasteiger partial charge in [-0.3, -0.25) is 14.5 Å². The Bertz CT molecular complexity index is 1310. The fourth-order valence-corrected chi connectivity index (χ4v) is 4.30. The predicted molar refractivity (Wildman–Crippen MR) is 131 cm³/mol. The van der Waals surface area contributed by atoms with E-state index in [1.54, 1.807) is 30.3 Å². The number of para-hydroxylation sites is 2. The summed E-state index contributed by atoms with van der Waals surface area (Å²) in [7, 11) is 0. The number of Topliss-reactive ketones (excluding diaryl/α,β-unsaturated/α-hetero) is 1. The van der Waals surface area contributed by atoms with Crippen LogP contribution in [0.2, 0.25) is 0 Å². The van der Waals surface area contributed by atoms with Crippen molar-refractivity contribution in [1.29, 1.82) is 0 Å². The number of aliphatic hydroxyl groups excluding tert-OH is 1. The van der Waals surface area contributed by atoms with E-state index < -0.39 is 23.5 Å². The van der Waals surface area contributed by atoms with E-state index in [1.807, 2.05) is 20.8 Å². The van der Waals surface area contributed by atoms with Crippen LogP contribution in [0, 0.1) is 5.82 Å². The molecule has 0 bridgehead atoms. The van der Waals surface area contributed by atoms with Gasteiger partial charge < -0.3 is 14.9 Å². The zero-order valence-electron chi connectivity index (χ0n) is 19.7. The van der Waals surface area contributed by atoms with Crippen LogP contribution in [0.15, 0.2) is 72.3 Å². The largest absolute Gasteiger partial charge is 0.507 e. The molecule has 7 heteroatoms. The van der Waals surface area contributed by atoms with Gasteiger partial charge in [-0.2, -0.15) is 0 Å². The first-order chi connectivity index (χ1) is 16.7. The first kappa shape index (κ1) is 24.0. The maximum absolute atomic E-state index is 13.7. The van der Waals surface area contributed by atoms with Crippen LogP contribution in [-0.4, -0.2) is 28.5 Å². The highest BCUT2D eigenvalue weighted by Crippen LogP contribution is 2.45. The number of ether oxygens (including phenoxy) is 1. The quantitative estimate of drug-likeness (QED) is 0.272. The molecule has 1 atom stereocenters. The van der Waals surface area contributed by atoms with E-state index in [0.29, 0.717) is 23.5 Å². The minimum atomic E-state index is -1.07. The Morgan fingerprint density at radius 1 is 1.06 bits per heavy atom. The van der Waals surface area contributed by atoms with Gasteiger partial charge in [-0.1, -0.05) is 38.1 Å². The minimum Gasteiger partial charge on any atom is -0.507 e. The van der Waals surface area contributed by atoms with Crippen LogP contribution in [0.1, 0.15) is 49.4 Å². The number of benzene rings is 3. The summed E-state index contributed by atoms with van der Waals surface area (Å²) >= 11 is 0. The summed E-state index contributed by atoms with van der Waals surface area (Å²) in [6.07, 6.45) is 0. The standard InChI is InChI=1S/C28H26FNO5/c1-4-35-23-14-11-18(15-20(23)16(2)3)26(32)24-25(17-9-12-19(29)13-10-17)30(28(34)27(24)33)21-7-5-6-8-22(21)31/h5-16,25,31-32H,4H2,1-3H3/b26-24-. The number of anilines is 1. The van der Waals surface area contributed by atoms with Gasteiger partial charge in [-0.25, -0.2) is 4.39 Å². The summed E-state index contributed by atoms with van der Waals surface area (Å²) in [5, 5.41) is 21.8. The molecule has 0 aliphatic carbocycles. The Balaban J connectivity index is 1.94. The molecule has 3 aromatic rings. The Morgan fingerprint density at radius 2 is 1.74 bits per heavy atom. The molecule has 1 amide bonds. The van der Waals surface area contributed by atoms with Crippen LogP contribution in [0.3, 0.4) is 0 Å². The van der Waals surface area contributed by atoms with Gasteiger partial charge in [0.05, 0.1) is 23.9 Å². The molecular formula is C28H26FNO5. The van der Waals surface area contributed by atoms with Gasteiger partial charge in [0.1, 0.15) is 23.1 Å². The van der Waals surface area contributed by atoms with Crippen LogP contribution in [0.25, 0.3) is 5.76 Å². The van der Waals surface area contributed by atoms with E-state index in [0.717, 1.165) is 10.5 Å². The Morgan fingerprint density at radius 3 is 2.37 bits per heavy atom. The topological polar surface area (TPSA) is 87.1 Å². The van der Waals surface area contributed by atoms with E-state index in [1.165, 1.54) is 36.4 Å². The molecule has 1 aliphatic rings. The van der Waals surface area contributed by atoms with Crippen molar-refractivity contribution in [2.75, 3.05) is 11.5 Å². The number of ketones is 1. The second-order valence-electron chi connectivity index (χ2n) is 8.55. The molecule has 1 aliphatic heterocycles. The molecule has 1 heterocycles. The lowest BCUT2D eigenvalue weighted by molar-refractivity contribution is -0.132. The molecule has 1 unspecified atom stereocenters. The summed E-state index contributed by atoms with van der Waals surface area (Å²) in [6.45, 7) is 6.32. The number of halogens is 1. The number of carbonyl (C=O) groups is 2. The van der Waals surface area contributed by atoms with Gasteiger partial charge in [0.2, 0.25) is 0 Å². The Hall–Kier alpha value is -4.13. The highest BCUT2D eigenvalue weighted by Gasteiger charge is 2.47. The zero-order valence-corrected chi connectivity index (χ0v) is 19.7. The predicted octanol–water partition coefficient (Wildman–Crippen LogP) is 5.68. The summed E-state index contributed by atoms with van der Waals surface area (Å²) in [4.78, 5) is 27.6. The molecule has 3 aromatic carbocycles. The highest BCUT2D eigenvalue weighted by molar-refractivity contribution is 6.51. The SMILES string of the molecule is CCOc1ccc(/C(O)=C2/C(=O)C(=O)N(c3ccccc3O)C2c2ccc(F)cc2)cc1C(C)C. The second kappa shape index (κ2) is 9.62. The smallest absolute Gasteiger partial charge is 0.300 e. The highest BCUT2D eigenvalue weighted by atomic mass is 19.1. The average molecular weight is 476 g/mol. The number of hydrogen-bond acceptors (Lipinski definition) is 5. The van der Waals surface area contributed by atoms with Crippen LogP contribution < -0.4 is 9.64 Å². The third-order valence-corrected chi connectivity index (χ3v) is 5.98. The molecule has 1 fully saturated rings. The summed E-state index contributed by atoms with van der Waals surface area (Å²) in [5.41, 5.74) is 1.55. The number of aromatic hydroxyl groups is 1. The number of rotatable bonds is 6. The molecule has 4 rings (SSSR count). The molecule has 180 valence electrons. The van der Waals surface area contributed by atoms with Gasteiger partial charge >= 0.3 is 0 Å². The van der Waals surface area contributed by atoms with Crippen molar-refractivity contribution in [3.05, 3.63) is 94.8 Å². The van der Waals surface area contributed by atoms with Gasteiger partial charge in [-0.15, -0.1) is 0 Å². The van der Waals surface area contributed by atoms with E-state index >= 15 is 0 Å². The minimum absolute atomic E-state index is 0.0703. The third-order valence-electron chi connectivity index (χ3n) is 5.98. The second-order valence-corrected chi connectivity index (χ2v) is 8.55. The van der Waals surface area contributed by atoms with Crippen molar-refractivity contribution < 1.29 is 28.9 Å². The van der Waals surface area contributed by atoms with Crippen molar-refractivity contribution in [2.45, 2.75) is 32.7 Å². The fourth-order valence-electron chi connectivity index (χ4n) is 4.30. The maximum atomic E-state index is 13.7. The first-order valence-corrected chi connectivity index (χ1v) is 11.4. The van der Waals surface area contributed by atoms with Crippen LogP contribution in [0.4, 0.5) is 10.1 Å². The zero-order chi connectivity index (χ0) is 25.3. The summed E-state index contributed by atoms with van der Waals surface area (Å²) in [5.74, 6) is -2.12. The van der Waals surface area contributed by atoms with E-state index in [9.17, 15) is 24.2 Å². The number of phenolic OH excluding ortho intramolecular Hbond substituents is 1. The summed E-state index contributed by atoms with van der Waals surface area (Å²) in [6, 6.07) is 15.5. The van der Waals surface area contributed by atoms with Gasteiger partial charge in [0, 0.05) is 5.56 Å². The molecule has 2 N–H and O–H groups in total. The van der Waals surface area contributed by atoms with Crippen LogP contribution in [-0.2, 0) is 9.59 Å². The van der Waals surface area contributed by atoms with E-state index in [4.69, 9.17) is 4.74 Å². The Labute approximate surface area is 202 Å². The molecule has 0 aromatic heterocycles. The van der Waals surface area contributed by atoms with E-state index in [-0.39, 0.29) is 28.7 Å². The van der Waals surface area contributed by atoms with Crippen molar-refractivity contribution in [3.8, 4) is 11.5 Å². The van der Waals surface area contributed by atoms with Crippen molar-refractivity contribution in [1.82, 2.24) is 0 Å². The van der Waals surface area contributed by atoms with Gasteiger partial charge in [0.25, 0.3) is 11.7 Å². The lowest BCUT2D eigenvalue weighted by Crippen LogP contribution is -2.29. The summed E-state index contributed by atoms with van der Waals surface area (Å²) < 4.78 is 19.4. The monoisotopic (exact) mass is 475 g/mol. The molecule has 35 heavy (non-hydrogen) atoms. The number of aliphatic hydroxyl groups is 1. The number of phenols is 1. The lowest BCUT2D eigenvalue weighted by atomic mass is 9.93. The van der Waals surface area contributed by atoms with Crippen molar-refractivity contribution in [2.24, 2.45) is 0 Å². The maximum Gasteiger partial charge on any atom is 0.300 e. The normalized spacial score (nSPS) is 17.3. The molecular weight excluding hydrogens is 449 g/mol. The van der Waals surface area contributed by atoms with Crippen molar-refractivity contribution in [3.63, 3.8) is 0 Å². The molecule has 0 saturated carbocycles. The lowest BCUT2D eigenvalue weighted by Gasteiger charge is -2.26. The fraction of sp³-hybridized carbons (Fsp3) is 0.214. The number of amides is 1. The average Bonchev–Trinajstić information content (AvgIpc) is 3.10. The number of nitrogens with zero attached hydrogens (tertiary/aromatic N) is 1. The third kappa shape index (κ3) is 4.37. The van der Waals surface area contributed by atoms with E-state index in [2.05, 4.69) is 0 Å². The molecule has 1 saturated heterocycles. The number of hydrogen-bond donors (Lipinski definition) is 2. The molecule has 0 spiro atoms. The van der Waals surface area contributed by atoms with Crippen LogP contribution >= 0.6 is 0 Å². The van der Waals surface area contributed by atoms with Crippen molar-refractivity contribution >= 4 is 23.1 Å². The van der Waals surface area contributed by atoms with Crippen LogP contribution in [0.5, 0.6) is 11.5 Å². The molecule has 0 radical (unpaired) electrons. The first-order valence-electron chi connectivity index (χ1n) is 11.4. The van der Waals surface area contributed by atoms with Gasteiger partial charge in [-0.05, 0) is 66.4 Å².